The zero-order chi connectivity index (χ0) is 24.2. The molecule has 1 aliphatic rings. The Bertz CT molecular complexity index is 1390. The molecule has 0 saturated carbocycles. The molecule has 1 aliphatic heterocycles. The molecule has 1 heterocycles. The quantitative estimate of drug-likeness (QED) is 0.335. The Morgan fingerprint density at radius 2 is 1.57 bits per heavy atom. The summed E-state index contributed by atoms with van der Waals surface area (Å²) in [5, 5.41) is 5.70. The number of nitrogens with one attached hydrogen (secondary N) is 2. The van der Waals surface area contributed by atoms with Gasteiger partial charge < -0.3 is 20.3 Å². The van der Waals surface area contributed by atoms with E-state index in [-0.39, 0.29) is 11.9 Å². The Kier molecular flexibility index (Phi) is 6.41. The van der Waals surface area contributed by atoms with Crippen molar-refractivity contribution in [2.45, 2.75) is 16.3 Å². The molecule has 5 rings (SSSR count). The minimum absolute atomic E-state index is 0.0753. The van der Waals surface area contributed by atoms with Crippen molar-refractivity contribution in [1.82, 2.24) is 0 Å². The first-order valence-electron chi connectivity index (χ1n) is 11.1. The van der Waals surface area contributed by atoms with Gasteiger partial charge in [-0.1, -0.05) is 60.3 Å². The summed E-state index contributed by atoms with van der Waals surface area (Å²) in [5.74, 6) is 0.577. The molecule has 7 heteroatoms. The standard InChI is InChI=1S/C28H23N3O3S/c1-34-22-11-7-10-20(16-22)29-28(33)30-21-14-15-26-24(17-21)31(18-19-8-3-2-4-9-19)27(32)23-12-5-6-13-25(23)35-26/h2-17H,18H2,1H3,(H2,29,30,33). The van der Waals surface area contributed by atoms with Gasteiger partial charge >= 0.3 is 6.03 Å². The molecule has 0 unspecified atom stereocenters. The molecule has 3 amide bonds. The summed E-state index contributed by atoms with van der Waals surface area (Å²) in [5.41, 5.74) is 3.63. The second kappa shape index (κ2) is 9.95. The molecule has 0 spiro atoms. The Morgan fingerprint density at radius 3 is 2.37 bits per heavy atom. The highest BCUT2D eigenvalue weighted by molar-refractivity contribution is 7.99. The number of urea groups is 1. The molecule has 35 heavy (non-hydrogen) atoms. The summed E-state index contributed by atoms with van der Waals surface area (Å²) < 4.78 is 5.21. The fourth-order valence-electron chi connectivity index (χ4n) is 3.92. The Hall–Kier alpha value is -4.23. The van der Waals surface area contributed by atoms with E-state index in [0.29, 0.717) is 29.2 Å². The second-order valence-electron chi connectivity index (χ2n) is 7.97. The van der Waals surface area contributed by atoms with Gasteiger partial charge in [0.25, 0.3) is 5.91 Å². The lowest BCUT2D eigenvalue weighted by Crippen LogP contribution is -2.30. The summed E-state index contributed by atoms with van der Waals surface area (Å²) in [4.78, 5) is 29.9. The van der Waals surface area contributed by atoms with E-state index in [4.69, 9.17) is 4.74 Å². The van der Waals surface area contributed by atoms with E-state index in [1.54, 1.807) is 42.0 Å². The molecular weight excluding hydrogens is 458 g/mol. The lowest BCUT2D eigenvalue weighted by Gasteiger charge is -2.24. The highest BCUT2D eigenvalue weighted by Gasteiger charge is 2.27. The molecule has 0 atom stereocenters. The van der Waals surface area contributed by atoms with Crippen LogP contribution in [0.5, 0.6) is 5.75 Å². The highest BCUT2D eigenvalue weighted by Crippen LogP contribution is 2.43. The number of ether oxygens (including phenoxy) is 1. The molecule has 0 aliphatic carbocycles. The Balaban J connectivity index is 1.45. The number of benzene rings is 4. The monoisotopic (exact) mass is 481 g/mol. The first kappa shape index (κ1) is 22.6. The van der Waals surface area contributed by atoms with Crippen LogP contribution in [0, 0.1) is 0 Å². The number of nitrogens with zero attached hydrogens (tertiary/aromatic N) is 1. The Morgan fingerprint density at radius 1 is 0.829 bits per heavy atom. The zero-order valence-corrected chi connectivity index (χ0v) is 19.8. The van der Waals surface area contributed by atoms with E-state index in [2.05, 4.69) is 10.6 Å². The molecule has 4 aromatic carbocycles. The molecular formula is C28H23N3O3S. The predicted octanol–water partition coefficient (Wildman–Crippen LogP) is 6.65. The molecule has 174 valence electrons. The molecule has 4 aromatic rings. The second-order valence-corrected chi connectivity index (χ2v) is 9.05. The van der Waals surface area contributed by atoms with Gasteiger partial charge in [0.2, 0.25) is 0 Å². The number of hydrogen-bond acceptors (Lipinski definition) is 4. The third-order valence-corrected chi connectivity index (χ3v) is 6.74. The molecule has 0 radical (unpaired) electrons. The smallest absolute Gasteiger partial charge is 0.323 e. The van der Waals surface area contributed by atoms with Crippen LogP contribution in [0.15, 0.2) is 107 Å². The number of amides is 3. The third kappa shape index (κ3) is 5.00. The van der Waals surface area contributed by atoms with Gasteiger partial charge in [-0.05, 0) is 48.0 Å². The Labute approximate surface area is 207 Å². The fourth-order valence-corrected chi connectivity index (χ4v) is 4.97. The van der Waals surface area contributed by atoms with E-state index in [0.717, 1.165) is 21.0 Å². The normalized spacial score (nSPS) is 12.3. The predicted molar refractivity (Wildman–Crippen MR) is 140 cm³/mol. The first-order chi connectivity index (χ1) is 17.1. The maximum atomic E-state index is 13.6. The number of carbonyl (C=O) groups excluding carboxylic acids is 2. The van der Waals surface area contributed by atoms with E-state index < -0.39 is 0 Å². The maximum Gasteiger partial charge on any atom is 0.323 e. The van der Waals surface area contributed by atoms with Crippen LogP contribution in [0.3, 0.4) is 0 Å². The van der Waals surface area contributed by atoms with E-state index in [1.165, 1.54) is 0 Å². The highest BCUT2D eigenvalue weighted by atomic mass is 32.2. The van der Waals surface area contributed by atoms with Crippen LogP contribution >= 0.6 is 11.8 Å². The first-order valence-corrected chi connectivity index (χ1v) is 11.9. The third-order valence-electron chi connectivity index (χ3n) is 5.60. The van der Waals surface area contributed by atoms with E-state index in [1.807, 2.05) is 78.9 Å². The maximum absolute atomic E-state index is 13.6. The van der Waals surface area contributed by atoms with Crippen LogP contribution < -0.4 is 20.3 Å². The molecule has 6 nitrogen and oxygen atoms in total. The molecule has 0 aromatic heterocycles. The lowest BCUT2D eigenvalue weighted by atomic mass is 10.1. The van der Waals surface area contributed by atoms with Gasteiger partial charge in [0.1, 0.15) is 5.75 Å². The topological polar surface area (TPSA) is 70.7 Å². The zero-order valence-electron chi connectivity index (χ0n) is 19.0. The fraction of sp³-hybridized carbons (Fsp3) is 0.0714. The molecule has 0 fully saturated rings. The summed E-state index contributed by atoms with van der Waals surface area (Å²) in [7, 11) is 1.58. The van der Waals surface area contributed by atoms with Crippen molar-refractivity contribution in [2.75, 3.05) is 22.6 Å². The minimum Gasteiger partial charge on any atom is -0.497 e. The van der Waals surface area contributed by atoms with Gasteiger partial charge in [-0.15, -0.1) is 0 Å². The van der Waals surface area contributed by atoms with Gasteiger partial charge in [-0.2, -0.15) is 0 Å². The number of methoxy groups -OCH3 is 1. The molecule has 2 N–H and O–H groups in total. The van der Waals surface area contributed by atoms with Gasteiger partial charge in [0, 0.05) is 27.2 Å². The van der Waals surface area contributed by atoms with Crippen molar-refractivity contribution in [2.24, 2.45) is 0 Å². The van der Waals surface area contributed by atoms with E-state index in [9.17, 15) is 9.59 Å². The summed E-state index contributed by atoms with van der Waals surface area (Å²) in [6.45, 7) is 0.418. The molecule has 0 bridgehead atoms. The average Bonchev–Trinajstić information content (AvgIpc) is 2.99. The number of rotatable bonds is 5. The number of anilines is 3. The number of carbonyl (C=O) groups is 2. The van der Waals surface area contributed by atoms with E-state index >= 15 is 0 Å². The van der Waals surface area contributed by atoms with Gasteiger partial charge in [0.05, 0.1) is 24.9 Å². The van der Waals surface area contributed by atoms with Gasteiger partial charge in [0.15, 0.2) is 0 Å². The number of fused-ring (bicyclic) bond motifs is 2. The van der Waals surface area contributed by atoms with Crippen molar-refractivity contribution in [1.29, 1.82) is 0 Å². The van der Waals surface area contributed by atoms with Crippen molar-refractivity contribution < 1.29 is 14.3 Å². The van der Waals surface area contributed by atoms with Crippen molar-refractivity contribution >= 4 is 40.8 Å². The van der Waals surface area contributed by atoms with Crippen molar-refractivity contribution in [3.8, 4) is 5.75 Å². The van der Waals surface area contributed by atoms with Crippen molar-refractivity contribution in [3.63, 3.8) is 0 Å². The number of hydrogen-bond donors (Lipinski definition) is 2. The minimum atomic E-state index is -0.385. The van der Waals surface area contributed by atoms with Crippen LogP contribution in [0.4, 0.5) is 21.9 Å². The van der Waals surface area contributed by atoms with Crippen LogP contribution in [-0.4, -0.2) is 19.0 Å². The summed E-state index contributed by atoms with van der Waals surface area (Å²) in [6.07, 6.45) is 0. The van der Waals surface area contributed by atoms with Crippen LogP contribution in [-0.2, 0) is 6.54 Å². The van der Waals surface area contributed by atoms with Crippen LogP contribution in [0.25, 0.3) is 0 Å². The van der Waals surface area contributed by atoms with Crippen LogP contribution in [0.1, 0.15) is 15.9 Å². The largest absolute Gasteiger partial charge is 0.497 e. The lowest BCUT2D eigenvalue weighted by molar-refractivity contribution is 0.0982. The van der Waals surface area contributed by atoms with Gasteiger partial charge in [-0.3, -0.25) is 4.79 Å². The SMILES string of the molecule is COc1cccc(NC(=O)Nc2ccc3c(c2)N(Cc2ccccc2)C(=O)c2ccccc2S3)c1. The summed E-state index contributed by atoms with van der Waals surface area (Å²) >= 11 is 1.55. The van der Waals surface area contributed by atoms with Gasteiger partial charge in [-0.25, -0.2) is 4.79 Å². The van der Waals surface area contributed by atoms with Crippen molar-refractivity contribution in [3.05, 3.63) is 108 Å². The molecule has 0 saturated heterocycles. The van der Waals surface area contributed by atoms with Crippen LogP contribution in [0.2, 0.25) is 0 Å². The summed E-state index contributed by atoms with van der Waals surface area (Å²) in [6, 6.07) is 29.9. The average molecular weight is 482 g/mol.